The number of nitrogens with one attached hydrogen (secondary N) is 1. The average Bonchev–Trinajstić information content (AvgIpc) is 2.53. The minimum atomic E-state index is -0.626. The van der Waals surface area contributed by atoms with Gasteiger partial charge in [-0.3, -0.25) is 4.79 Å². The molecule has 0 heterocycles. The molecule has 0 aliphatic heterocycles. The average molecular weight is 397 g/mol. The van der Waals surface area contributed by atoms with Crippen molar-refractivity contribution in [3.63, 3.8) is 0 Å². The van der Waals surface area contributed by atoms with Crippen LogP contribution in [0.1, 0.15) is 28.9 Å². The minimum absolute atomic E-state index is 0.211. The first-order chi connectivity index (χ1) is 11.0. The van der Waals surface area contributed by atoms with Gasteiger partial charge in [-0.2, -0.15) is 0 Å². The Morgan fingerprint density at radius 1 is 1.17 bits per heavy atom. The third-order valence-corrected chi connectivity index (χ3v) is 4.23. The van der Waals surface area contributed by atoms with Gasteiger partial charge in [-0.05, 0) is 30.7 Å². The number of carbonyl (C=O) groups is 2. The molecule has 0 unspecified atom stereocenters. The Morgan fingerprint density at radius 3 is 2.52 bits per heavy atom. The summed E-state index contributed by atoms with van der Waals surface area (Å²) >= 11 is 9.35. The van der Waals surface area contributed by atoms with Gasteiger partial charge in [0.1, 0.15) is 0 Å². The van der Waals surface area contributed by atoms with E-state index in [0.717, 1.165) is 10.0 Å². The summed E-state index contributed by atoms with van der Waals surface area (Å²) in [5.74, 6) is -1.01. The van der Waals surface area contributed by atoms with E-state index in [9.17, 15) is 9.59 Å². The number of ether oxygens (including phenoxy) is 1. The maximum Gasteiger partial charge on any atom is 0.340 e. The largest absolute Gasteiger partial charge is 0.452 e. The van der Waals surface area contributed by atoms with E-state index in [1.807, 2.05) is 31.2 Å². The Labute approximate surface area is 147 Å². The number of esters is 1. The van der Waals surface area contributed by atoms with Crippen molar-refractivity contribution in [2.24, 2.45) is 0 Å². The van der Waals surface area contributed by atoms with E-state index in [1.165, 1.54) is 0 Å². The zero-order valence-electron chi connectivity index (χ0n) is 12.4. The molecule has 1 atom stereocenters. The molecule has 2 rings (SSSR count). The van der Waals surface area contributed by atoms with E-state index in [2.05, 4.69) is 21.2 Å². The van der Waals surface area contributed by atoms with Gasteiger partial charge >= 0.3 is 5.97 Å². The molecule has 120 valence electrons. The normalized spacial score (nSPS) is 11.6. The van der Waals surface area contributed by atoms with Gasteiger partial charge in [0.15, 0.2) is 6.61 Å². The molecule has 0 fully saturated rings. The molecule has 1 amide bonds. The second-order valence-electron chi connectivity index (χ2n) is 4.87. The topological polar surface area (TPSA) is 55.4 Å². The Hall–Kier alpha value is -1.85. The Kier molecular flexibility index (Phi) is 6.19. The first kappa shape index (κ1) is 17.5. The summed E-state index contributed by atoms with van der Waals surface area (Å²) in [5, 5.41) is 3.07. The second-order valence-corrected chi connectivity index (χ2v) is 6.13. The molecule has 0 saturated heterocycles. The smallest absolute Gasteiger partial charge is 0.340 e. The SMILES string of the molecule is C[C@@H](NC(=O)COC(=O)c1ccccc1Cl)c1ccccc1Br. The molecule has 0 bridgehead atoms. The van der Waals surface area contributed by atoms with Gasteiger partial charge in [0.05, 0.1) is 16.6 Å². The van der Waals surface area contributed by atoms with Crippen molar-refractivity contribution in [2.75, 3.05) is 6.61 Å². The quantitative estimate of drug-likeness (QED) is 0.773. The monoisotopic (exact) mass is 395 g/mol. The van der Waals surface area contributed by atoms with E-state index < -0.39 is 5.97 Å². The summed E-state index contributed by atoms with van der Waals surface area (Å²) in [5.41, 5.74) is 1.18. The number of benzene rings is 2. The predicted octanol–water partition coefficient (Wildman–Crippen LogP) is 4.14. The van der Waals surface area contributed by atoms with Gasteiger partial charge in [-0.15, -0.1) is 0 Å². The summed E-state index contributed by atoms with van der Waals surface area (Å²) in [7, 11) is 0. The number of hydrogen-bond acceptors (Lipinski definition) is 3. The molecule has 6 heteroatoms. The second kappa shape index (κ2) is 8.13. The summed E-state index contributed by atoms with van der Waals surface area (Å²) in [6.45, 7) is 1.49. The predicted molar refractivity (Wildman–Crippen MR) is 92.4 cm³/mol. The highest BCUT2D eigenvalue weighted by Crippen LogP contribution is 2.22. The molecule has 2 aromatic rings. The molecular formula is C17H15BrClNO3. The van der Waals surface area contributed by atoms with Crippen LogP contribution in [0.3, 0.4) is 0 Å². The van der Waals surface area contributed by atoms with Gasteiger partial charge in [0.25, 0.3) is 5.91 Å². The summed E-state index contributed by atoms with van der Waals surface area (Å²) in [6.07, 6.45) is 0. The van der Waals surface area contributed by atoms with Gasteiger partial charge < -0.3 is 10.1 Å². The van der Waals surface area contributed by atoms with Crippen LogP contribution in [0.5, 0.6) is 0 Å². The Balaban J connectivity index is 1.89. The number of hydrogen-bond donors (Lipinski definition) is 1. The van der Waals surface area contributed by atoms with Crippen molar-refractivity contribution in [1.29, 1.82) is 0 Å². The van der Waals surface area contributed by atoms with E-state index in [1.54, 1.807) is 24.3 Å². The highest BCUT2D eigenvalue weighted by atomic mass is 79.9. The first-order valence-corrected chi connectivity index (χ1v) is 8.11. The van der Waals surface area contributed by atoms with Crippen LogP contribution in [0.25, 0.3) is 0 Å². The molecule has 1 N–H and O–H groups in total. The molecule has 0 aliphatic carbocycles. The van der Waals surface area contributed by atoms with Crippen LogP contribution in [0.15, 0.2) is 53.0 Å². The number of amides is 1. The third-order valence-electron chi connectivity index (χ3n) is 3.18. The van der Waals surface area contributed by atoms with Crippen LogP contribution in [0, 0.1) is 0 Å². The zero-order chi connectivity index (χ0) is 16.8. The van der Waals surface area contributed by atoms with E-state index >= 15 is 0 Å². The van der Waals surface area contributed by atoms with Crippen molar-refractivity contribution in [2.45, 2.75) is 13.0 Å². The van der Waals surface area contributed by atoms with Crippen molar-refractivity contribution in [3.8, 4) is 0 Å². The highest BCUT2D eigenvalue weighted by Gasteiger charge is 2.15. The first-order valence-electron chi connectivity index (χ1n) is 6.94. The summed E-state index contributed by atoms with van der Waals surface area (Å²) < 4.78 is 5.89. The van der Waals surface area contributed by atoms with Gasteiger partial charge in [-0.1, -0.05) is 57.9 Å². The Bertz CT molecular complexity index is 720. The maximum absolute atomic E-state index is 11.9. The summed E-state index contributed by atoms with van der Waals surface area (Å²) in [4.78, 5) is 23.8. The molecule has 0 spiro atoms. The standard InChI is InChI=1S/C17H15BrClNO3/c1-11(12-6-2-4-8-14(12)18)20-16(21)10-23-17(22)13-7-3-5-9-15(13)19/h2-9,11H,10H2,1H3,(H,20,21)/t11-/m1/s1. The van der Waals surface area contributed by atoms with Crippen LogP contribution in [0.4, 0.5) is 0 Å². The fourth-order valence-electron chi connectivity index (χ4n) is 2.02. The maximum atomic E-state index is 11.9. The fraction of sp³-hybridized carbons (Fsp3) is 0.176. The molecule has 4 nitrogen and oxygen atoms in total. The van der Waals surface area contributed by atoms with E-state index in [0.29, 0.717) is 5.02 Å². The van der Waals surface area contributed by atoms with Crippen molar-refractivity contribution in [3.05, 3.63) is 69.2 Å². The van der Waals surface area contributed by atoms with Crippen LogP contribution < -0.4 is 5.32 Å². The molecule has 23 heavy (non-hydrogen) atoms. The van der Waals surface area contributed by atoms with Crippen molar-refractivity contribution < 1.29 is 14.3 Å². The fourth-order valence-corrected chi connectivity index (χ4v) is 2.86. The van der Waals surface area contributed by atoms with E-state index in [-0.39, 0.29) is 24.1 Å². The number of carbonyl (C=O) groups excluding carboxylic acids is 2. The van der Waals surface area contributed by atoms with Crippen molar-refractivity contribution >= 4 is 39.4 Å². The lowest BCUT2D eigenvalue weighted by Crippen LogP contribution is -2.31. The minimum Gasteiger partial charge on any atom is -0.452 e. The highest BCUT2D eigenvalue weighted by molar-refractivity contribution is 9.10. The molecular weight excluding hydrogens is 382 g/mol. The Morgan fingerprint density at radius 2 is 1.83 bits per heavy atom. The zero-order valence-corrected chi connectivity index (χ0v) is 14.7. The summed E-state index contributed by atoms with van der Waals surface area (Å²) in [6, 6.07) is 13.9. The van der Waals surface area contributed by atoms with Gasteiger partial charge in [0, 0.05) is 4.47 Å². The van der Waals surface area contributed by atoms with E-state index in [4.69, 9.17) is 16.3 Å². The number of halogens is 2. The van der Waals surface area contributed by atoms with Crippen LogP contribution in [-0.2, 0) is 9.53 Å². The number of rotatable bonds is 5. The third kappa shape index (κ3) is 4.81. The lowest BCUT2D eigenvalue weighted by atomic mass is 10.1. The molecule has 2 aromatic carbocycles. The molecule has 0 saturated carbocycles. The van der Waals surface area contributed by atoms with Crippen LogP contribution in [0.2, 0.25) is 5.02 Å². The lowest BCUT2D eigenvalue weighted by Gasteiger charge is -2.16. The lowest BCUT2D eigenvalue weighted by molar-refractivity contribution is -0.124. The van der Waals surface area contributed by atoms with Gasteiger partial charge in [0.2, 0.25) is 0 Å². The van der Waals surface area contributed by atoms with Crippen LogP contribution >= 0.6 is 27.5 Å². The van der Waals surface area contributed by atoms with Crippen LogP contribution in [-0.4, -0.2) is 18.5 Å². The molecule has 0 aromatic heterocycles. The van der Waals surface area contributed by atoms with Gasteiger partial charge in [-0.25, -0.2) is 4.79 Å². The molecule has 0 aliphatic rings. The van der Waals surface area contributed by atoms with Crippen molar-refractivity contribution in [1.82, 2.24) is 5.32 Å². The molecule has 0 radical (unpaired) electrons.